The average Bonchev–Trinajstić information content (AvgIpc) is 3.08. The van der Waals surface area contributed by atoms with Crippen molar-refractivity contribution in [3.8, 4) is 11.4 Å². The molecule has 0 saturated heterocycles. The van der Waals surface area contributed by atoms with Gasteiger partial charge in [0, 0.05) is 24.9 Å². The van der Waals surface area contributed by atoms with Crippen molar-refractivity contribution in [3.63, 3.8) is 0 Å². The fourth-order valence-electron chi connectivity index (χ4n) is 2.22. The van der Waals surface area contributed by atoms with E-state index in [4.69, 9.17) is 16.1 Å². The van der Waals surface area contributed by atoms with Crippen LogP contribution in [0.15, 0.2) is 53.1 Å². The van der Waals surface area contributed by atoms with Crippen molar-refractivity contribution in [2.45, 2.75) is 19.4 Å². The standard InChI is InChI=1S/C18H15ClFN3O2/c19-15-4-2-1-3-14(15)18-22-17(25-23-18)10-9-16(24)21-11-12-5-7-13(20)8-6-12/h1-8H,9-11H2,(H,21,24). The fourth-order valence-corrected chi connectivity index (χ4v) is 2.44. The number of aryl methyl sites for hydroxylation is 1. The number of nitrogens with one attached hydrogen (secondary N) is 1. The molecule has 0 fully saturated rings. The summed E-state index contributed by atoms with van der Waals surface area (Å²) in [6.07, 6.45) is 0.540. The van der Waals surface area contributed by atoms with Crippen LogP contribution >= 0.6 is 11.6 Å². The van der Waals surface area contributed by atoms with Crippen LogP contribution in [0.25, 0.3) is 11.4 Å². The number of halogens is 2. The van der Waals surface area contributed by atoms with Crippen molar-refractivity contribution in [3.05, 3.63) is 70.8 Å². The van der Waals surface area contributed by atoms with Gasteiger partial charge in [0.2, 0.25) is 17.6 Å². The van der Waals surface area contributed by atoms with Crippen LogP contribution in [-0.2, 0) is 17.8 Å². The highest BCUT2D eigenvalue weighted by Gasteiger charge is 2.12. The molecule has 7 heteroatoms. The normalized spacial score (nSPS) is 10.6. The Kier molecular flexibility index (Phi) is 5.40. The van der Waals surface area contributed by atoms with E-state index in [1.54, 1.807) is 24.3 Å². The molecule has 3 rings (SSSR count). The molecule has 1 N–H and O–H groups in total. The zero-order valence-electron chi connectivity index (χ0n) is 13.2. The topological polar surface area (TPSA) is 68.0 Å². The molecular formula is C18H15ClFN3O2. The van der Waals surface area contributed by atoms with Crippen molar-refractivity contribution in [2.75, 3.05) is 0 Å². The van der Waals surface area contributed by atoms with Gasteiger partial charge in [0.25, 0.3) is 0 Å². The van der Waals surface area contributed by atoms with E-state index in [0.717, 1.165) is 5.56 Å². The number of aromatic nitrogens is 2. The quantitative estimate of drug-likeness (QED) is 0.727. The molecule has 0 saturated carbocycles. The van der Waals surface area contributed by atoms with Gasteiger partial charge >= 0.3 is 0 Å². The van der Waals surface area contributed by atoms with E-state index in [9.17, 15) is 9.18 Å². The van der Waals surface area contributed by atoms with Gasteiger partial charge in [0.15, 0.2) is 0 Å². The first-order valence-electron chi connectivity index (χ1n) is 7.70. The lowest BCUT2D eigenvalue weighted by molar-refractivity contribution is -0.121. The summed E-state index contributed by atoms with van der Waals surface area (Å²) < 4.78 is 18.0. The first-order chi connectivity index (χ1) is 12.1. The van der Waals surface area contributed by atoms with Crippen LogP contribution in [0.3, 0.4) is 0 Å². The smallest absolute Gasteiger partial charge is 0.227 e. The number of carbonyl (C=O) groups excluding carboxylic acids is 1. The maximum absolute atomic E-state index is 12.8. The molecule has 0 bridgehead atoms. The minimum Gasteiger partial charge on any atom is -0.352 e. The summed E-state index contributed by atoms with van der Waals surface area (Å²) in [6.45, 7) is 0.341. The van der Waals surface area contributed by atoms with Crippen LogP contribution in [0, 0.1) is 5.82 Å². The summed E-state index contributed by atoms with van der Waals surface area (Å²) in [5.41, 5.74) is 1.51. The molecule has 128 valence electrons. The van der Waals surface area contributed by atoms with Gasteiger partial charge in [-0.2, -0.15) is 4.98 Å². The van der Waals surface area contributed by atoms with Gasteiger partial charge < -0.3 is 9.84 Å². The van der Waals surface area contributed by atoms with E-state index >= 15 is 0 Å². The molecule has 3 aromatic rings. The SMILES string of the molecule is O=C(CCc1nc(-c2ccccc2Cl)no1)NCc1ccc(F)cc1. The number of carbonyl (C=O) groups is 1. The lowest BCUT2D eigenvalue weighted by Gasteiger charge is -2.04. The second-order valence-corrected chi connectivity index (χ2v) is 5.80. The molecule has 0 aliphatic carbocycles. The fraction of sp³-hybridized carbons (Fsp3) is 0.167. The van der Waals surface area contributed by atoms with E-state index in [-0.39, 0.29) is 18.1 Å². The zero-order chi connectivity index (χ0) is 17.6. The van der Waals surface area contributed by atoms with Gasteiger partial charge in [-0.25, -0.2) is 4.39 Å². The molecule has 0 aliphatic heterocycles. The second-order valence-electron chi connectivity index (χ2n) is 5.39. The van der Waals surface area contributed by atoms with Crippen LogP contribution in [0.2, 0.25) is 5.02 Å². The average molecular weight is 360 g/mol. The summed E-state index contributed by atoms with van der Waals surface area (Å²) in [5, 5.41) is 7.19. The Hall–Kier alpha value is -2.73. The Balaban J connectivity index is 1.51. The first-order valence-corrected chi connectivity index (χ1v) is 8.08. The molecule has 1 aromatic heterocycles. The Morgan fingerprint density at radius 1 is 1.16 bits per heavy atom. The van der Waals surface area contributed by atoms with Crippen molar-refractivity contribution in [1.82, 2.24) is 15.5 Å². The Labute approximate surface area is 148 Å². The molecule has 0 aliphatic rings. The van der Waals surface area contributed by atoms with E-state index in [2.05, 4.69) is 15.5 Å². The molecule has 5 nitrogen and oxygen atoms in total. The van der Waals surface area contributed by atoms with Crippen LogP contribution in [0.4, 0.5) is 4.39 Å². The maximum Gasteiger partial charge on any atom is 0.227 e. The molecule has 0 spiro atoms. The maximum atomic E-state index is 12.8. The third kappa shape index (κ3) is 4.64. The van der Waals surface area contributed by atoms with E-state index in [1.807, 2.05) is 12.1 Å². The Morgan fingerprint density at radius 3 is 2.68 bits per heavy atom. The molecule has 1 amide bonds. The Morgan fingerprint density at radius 2 is 1.92 bits per heavy atom. The molecule has 1 heterocycles. The molecule has 0 atom stereocenters. The van der Waals surface area contributed by atoms with Crippen molar-refractivity contribution < 1.29 is 13.7 Å². The third-order valence-electron chi connectivity index (χ3n) is 3.55. The van der Waals surface area contributed by atoms with E-state index < -0.39 is 0 Å². The van der Waals surface area contributed by atoms with E-state index in [1.165, 1.54) is 12.1 Å². The number of amides is 1. The summed E-state index contributed by atoms with van der Waals surface area (Å²) in [5.74, 6) is 0.307. The number of hydrogen-bond donors (Lipinski definition) is 1. The predicted molar refractivity (Wildman–Crippen MR) is 91.3 cm³/mol. The lowest BCUT2D eigenvalue weighted by Crippen LogP contribution is -2.23. The Bertz CT molecular complexity index is 865. The predicted octanol–water partition coefficient (Wildman–Crippen LogP) is 3.78. The van der Waals surface area contributed by atoms with Crippen molar-refractivity contribution >= 4 is 17.5 Å². The molecule has 0 radical (unpaired) electrons. The van der Waals surface area contributed by atoms with Crippen LogP contribution in [0.5, 0.6) is 0 Å². The summed E-state index contributed by atoms with van der Waals surface area (Å²) in [4.78, 5) is 16.1. The zero-order valence-corrected chi connectivity index (χ0v) is 14.0. The van der Waals surface area contributed by atoms with Crippen LogP contribution in [0.1, 0.15) is 17.9 Å². The first kappa shape index (κ1) is 17.1. The lowest BCUT2D eigenvalue weighted by atomic mass is 10.2. The van der Waals surface area contributed by atoms with Crippen molar-refractivity contribution in [1.29, 1.82) is 0 Å². The number of hydrogen-bond acceptors (Lipinski definition) is 4. The van der Waals surface area contributed by atoms with Gasteiger partial charge in [-0.05, 0) is 29.8 Å². The van der Waals surface area contributed by atoms with Gasteiger partial charge in [-0.3, -0.25) is 4.79 Å². The summed E-state index contributed by atoms with van der Waals surface area (Å²) in [7, 11) is 0. The third-order valence-corrected chi connectivity index (χ3v) is 3.88. The van der Waals surface area contributed by atoms with Gasteiger partial charge in [0.05, 0.1) is 5.02 Å². The summed E-state index contributed by atoms with van der Waals surface area (Å²) >= 11 is 6.10. The largest absolute Gasteiger partial charge is 0.352 e. The van der Waals surface area contributed by atoms with Crippen molar-refractivity contribution in [2.24, 2.45) is 0 Å². The minimum atomic E-state index is -0.305. The number of nitrogens with zero attached hydrogens (tertiary/aromatic N) is 2. The highest BCUT2D eigenvalue weighted by Crippen LogP contribution is 2.24. The van der Waals surface area contributed by atoms with Gasteiger partial charge in [-0.15, -0.1) is 0 Å². The molecule has 0 unspecified atom stereocenters. The molecular weight excluding hydrogens is 345 g/mol. The summed E-state index contributed by atoms with van der Waals surface area (Å²) in [6, 6.07) is 13.2. The monoisotopic (exact) mass is 359 g/mol. The second kappa shape index (κ2) is 7.90. The van der Waals surface area contributed by atoms with Crippen LogP contribution < -0.4 is 5.32 Å². The molecule has 2 aromatic carbocycles. The number of benzene rings is 2. The van der Waals surface area contributed by atoms with Gasteiger partial charge in [-0.1, -0.05) is 41.0 Å². The van der Waals surface area contributed by atoms with Gasteiger partial charge in [0.1, 0.15) is 5.82 Å². The van der Waals surface area contributed by atoms with E-state index in [0.29, 0.717) is 35.3 Å². The minimum absolute atomic E-state index is 0.151. The number of rotatable bonds is 6. The molecule has 25 heavy (non-hydrogen) atoms. The van der Waals surface area contributed by atoms with Crippen LogP contribution in [-0.4, -0.2) is 16.0 Å². The highest BCUT2D eigenvalue weighted by molar-refractivity contribution is 6.33. The highest BCUT2D eigenvalue weighted by atomic mass is 35.5.